The second-order valence-electron chi connectivity index (χ2n) is 5.95. The largest absolute Gasteiger partial charge is 0.389 e. The van der Waals surface area contributed by atoms with E-state index in [1.165, 1.54) is 11.1 Å². The number of β-amino-alcohol motifs (C(OH)–C–C–N with tert-alkyl or cyclic N) is 1. The molecule has 3 nitrogen and oxygen atoms in total. The smallest absolute Gasteiger partial charge is 0.125 e. The molecule has 1 aromatic carbocycles. The number of hydrogen-bond donors (Lipinski definition) is 1. The molecular formula is C18H25NO2. The van der Waals surface area contributed by atoms with Crippen LogP contribution in [0.3, 0.4) is 0 Å². The van der Waals surface area contributed by atoms with Crippen LogP contribution in [0.5, 0.6) is 0 Å². The Morgan fingerprint density at radius 1 is 1.43 bits per heavy atom. The molecule has 2 atom stereocenters. The Kier molecular flexibility index (Phi) is 5.41. The summed E-state index contributed by atoms with van der Waals surface area (Å²) in [5.74, 6) is 2.65. The van der Waals surface area contributed by atoms with E-state index in [1.807, 2.05) is 13.8 Å². The zero-order valence-corrected chi connectivity index (χ0v) is 13.0. The molecule has 0 radical (unpaired) electrons. The molecule has 0 saturated heterocycles. The number of aliphatic hydroxyl groups excluding tert-OH is 1. The van der Waals surface area contributed by atoms with Gasteiger partial charge < -0.3 is 9.84 Å². The Labute approximate surface area is 127 Å². The summed E-state index contributed by atoms with van der Waals surface area (Å²) in [7, 11) is 0. The Bertz CT molecular complexity index is 508. The Morgan fingerprint density at radius 2 is 2.14 bits per heavy atom. The van der Waals surface area contributed by atoms with Crippen molar-refractivity contribution in [1.29, 1.82) is 0 Å². The minimum Gasteiger partial charge on any atom is -0.389 e. The first-order valence-corrected chi connectivity index (χ1v) is 7.65. The van der Waals surface area contributed by atoms with Crippen LogP contribution >= 0.6 is 0 Å². The van der Waals surface area contributed by atoms with Crippen molar-refractivity contribution in [2.45, 2.75) is 44.9 Å². The average Bonchev–Trinajstić information content (AvgIpc) is 2.52. The van der Waals surface area contributed by atoms with Crippen molar-refractivity contribution in [3.63, 3.8) is 0 Å². The van der Waals surface area contributed by atoms with Crippen molar-refractivity contribution in [3.05, 3.63) is 35.4 Å². The van der Waals surface area contributed by atoms with E-state index in [4.69, 9.17) is 11.2 Å². The number of nitrogens with zero attached hydrogens (tertiary/aromatic N) is 1. The summed E-state index contributed by atoms with van der Waals surface area (Å²) in [5.41, 5.74) is 2.21. The zero-order chi connectivity index (χ0) is 15.3. The lowest BCUT2D eigenvalue weighted by Crippen LogP contribution is -2.40. The second kappa shape index (κ2) is 7.09. The van der Waals surface area contributed by atoms with Crippen molar-refractivity contribution >= 4 is 0 Å². The molecule has 0 saturated carbocycles. The standard InChI is InChI=1S/C18H25NO2/c1-4-18(3,5-2)21-14-17(20)13-19-11-10-15-8-6-7-9-16(15)12-19/h1,6-9,17,20H,5,10-14H2,2-3H3/t17-,18-/m0/s1. The predicted octanol–water partition coefficient (Wildman–Crippen LogP) is 2.22. The van der Waals surface area contributed by atoms with Gasteiger partial charge in [-0.2, -0.15) is 0 Å². The third kappa shape index (κ3) is 4.31. The SMILES string of the molecule is C#C[C@@](C)(CC)OC[C@@H](O)CN1CCc2ccccc2C1. The number of rotatable bonds is 6. The number of terminal acetylenes is 1. The maximum Gasteiger partial charge on any atom is 0.125 e. The summed E-state index contributed by atoms with van der Waals surface area (Å²) in [6.07, 6.45) is 6.75. The van der Waals surface area contributed by atoms with Gasteiger partial charge in [0, 0.05) is 19.6 Å². The molecule has 1 N–H and O–H groups in total. The van der Waals surface area contributed by atoms with E-state index < -0.39 is 11.7 Å². The van der Waals surface area contributed by atoms with Crippen LogP contribution in [-0.4, -0.2) is 41.4 Å². The van der Waals surface area contributed by atoms with Gasteiger partial charge >= 0.3 is 0 Å². The van der Waals surface area contributed by atoms with Crippen LogP contribution in [0.25, 0.3) is 0 Å². The van der Waals surface area contributed by atoms with Gasteiger partial charge in [0.05, 0.1) is 12.7 Å². The highest BCUT2D eigenvalue weighted by Gasteiger charge is 2.23. The molecule has 3 heteroatoms. The van der Waals surface area contributed by atoms with E-state index in [0.29, 0.717) is 6.54 Å². The third-order valence-electron chi connectivity index (χ3n) is 4.25. The van der Waals surface area contributed by atoms with Gasteiger partial charge in [-0.25, -0.2) is 0 Å². The first-order valence-electron chi connectivity index (χ1n) is 7.65. The number of hydrogen-bond acceptors (Lipinski definition) is 3. The monoisotopic (exact) mass is 287 g/mol. The maximum absolute atomic E-state index is 10.2. The van der Waals surface area contributed by atoms with Gasteiger partial charge in [-0.15, -0.1) is 6.42 Å². The van der Waals surface area contributed by atoms with Crippen molar-refractivity contribution < 1.29 is 9.84 Å². The minimum atomic E-state index is -0.574. The molecule has 0 aliphatic carbocycles. The Hall–Kier alpha value is -1.34. The molecule has 1 heterocycles. The summed E-state index contributed by atoms with van der Waals surface area (Å²) < 4.78 is 5.69. The van der Waals surface area contributed by atoms with Gasteiger partial charge in [-0.05, 0) is 30.9 Å². The summed E-state index contributed by atoms with van der Waals surface area (Å²) in [4.78, 5) is 2.27. The summed E-state index contributed by atoms with van der Waals surface area (Å²) in [6, 6.07) is 8.51. The van der Waals surface area contributed by atoms with Gasteiger partial charge in [0.15, 0.2) is 0 Å². The predicted molar refractivity (Wildman–Crippen MR) is 84.9 cm³/mol. The lowest BCUT2D eigenvalue weighted by molar-refractivity contribution is -0.0480. The molecule has 114 valence electrons. The highest BCUT2D eigenvalue weighted by Crippen LogP contribution is 2.19. The van der Waals surface area contributed by atoms with E-state index in [0.717, 1.165) is 25.9 Å². The van der Waals surface area contributed by atoms with E-state index in [-0.39, 0.29) is 6.61 Å². The maximum atomic E-state index is 10.2. The van der Waals surface area contributed by atoms with Crippen LogP contribution in [-0.2, 0) is 17.7 Å². The van der Waals surface area contributed by atoms with Crippen LogP contribution in [0.4, 0.5) is 0 Å². The third-order valence-corrected chi connectivity index (χ3v) is 4.25. The molecule has 1 aromatic rings. The molecule has 0 bridgehead atoms. The van der Waals surface area contributed by atoms with Gasteiger partial charge in [0.25, 0.3) is 0 Å². The highest BCUT2D eigenvalue weighted by molar-refractivity contribution is 5.29. The van der Waals surface area contributed by atoms with Crippen LogP contribution in [0.1, 0.15) is 31.4 Å². The van der Waals surface area contributed by atoms with Gasteiger partial charge in [-0.1, -0.05) is 37.1 Å². The summed E-state index contributed by atoms with van der Waals surface area (Å²) >= 11 is 0. The van der Waals surface area contributed by atoms with Crippen molar-refractivity contribution in [2.24, 2.45) is 0 Å². The normalized spacial score (nSPS) is 19.3. The van der Waals surface area contributed by atoms with E-state index in [1.54, 1.807) is 0 Å². The lowest BCUT2D eigenvalue weighted by Gasteiger charge is -2.31. The van der Waals surface area contributed by atoms with Crippen molar-refractivity contribution in [2.75, 3.05) is 19.7 Å². The fourth-order valence-electron chi connectivity index (χ4n) is 2.59. The molecule has 0 unspecified atom stereocenters. The quantitative estimate of drug-likeness (QED) is 0.814. The van der Waals surface area contributed by atoms with E-state index >= 15 is 0 Å². The molecular weight excluding hydrogens is 262 g/mol. The fraction of sp³-hybridized carbons (Fsp3) is 0.556. The van der Waals surface area contributed by atoms with Crippen LogP contribution < -0.4 is 0 Å². The number of ether oxygens (including phenoxy) is 1. The average molecular weight is 287 g/mol. The second-order valence-corrected chi connectivity index (χ2v) is 5.95. The summed E-state index contributed by atoms with van der Waals surface area (Å²) in [5, 5.41) is 10.2. The van der Waals surface area contributed by atoms with Gasteiger partial charge in [-0.3, -0.25) is 4.90 Å². The number of aliphatic hydroxyl groups is 1. The topological polar surface area (TPSA) is 32.7 Å². The van der Waals surface area contributed by atoms with Crippen molar-refractivity contribution in [1.82, 2.24) is 4.90 Å². The van der Waals surface area contributed by atoms with E-state index in [2.05, 4.69) is 35.1 Å². The molecule has 1 aliphatic rings. The van der Waals surface area contributed by atoms with Crippen molar-refractivity contribution in [3.8, 4) is 12.3 Å². The highest BCUT2D eigenvalue weighted by atomic mass is 16.5. The molecule has 0 fully saturated rings. The lowest BCUT2D eigenvalue weighted by atomic mass is 10.00. The number of fused-ring (bicyclic) bond motifs is 1. The Balaban J connectivity index is 1.82. The molecule has 2 rings (SSSR count). The molecule has 1 aliphatic heterocycles. The minimum absolute atomic E-state index is 0.284. The first kappa shape index (κ1) is 16.0. The van der Waals surface area contributed by atoms with Gasteiger partial charge in [0.2, 0.25) is 0 Å². The molecule has 0 spiro atoms. The summed E-state index contributed by atoms with van der Waals surface area (Å²) in [6.45, 7) is 6.66. The first-order chi connectivity index (χ1) is 10.1. The van der Waals surface area contributed by atoms with Crippen LogP contribution in [0.2, 0.25) is 0 Å². The number of benzene rings is 1. The van der Waals surface area contributed by atoms with Crippen LogP contribution in [0, 0.1) is 12.3 Å². The molecule has 0 aromatic heterocycles. The Morgan fingerprint density at radius 3 is 2.81 bits per heavy atom. The molecule has 21 heavy (non-hydrogen) atoms. The van der Waals surface area contributed by atoms with E-state index in [9.17, 15) is 5.11 Å². The molecule has 0 amide bonds. The van der Waals surface area contributed by atoms with Gasteiger partial charge in [0.1, 0.15) is 5.60 Å². The fourth-order valence-corrected chi connectivity index (χ4v) is 2.59. The van der Waals surface area contributed by atoms with Crippen LogP contribution in [0.15, 0.2) is 24.3 Å². The zero-order valence-electron chi connectivity index (χ0n) is 13.0.